The highest BCUT2D eigenvalue weighted by molar-refractivity contribution is 5.73. The van der Waals surface area contributed by atoms with Crippen LogP contribution < -0.4 is 0 Å². The van der Waals surface area contributed by atoms with Crippen LogP contribution in [0.15, 0.2) is 0 Å². The number of carbonyl (C=O) groups excluding carboxylic acids is 2. The van der Waals surface area contributed by atoms with Crippen LogP contribution in [0.2, 0.25) is 0 Å². The van der Waals surface area contributed by atoms with E-state index in [1.807, 2.05) is 27.7 Å². The Hall–Kier alpha value is -1.06. The van der Waals surface area contributed by atoms with Crippen molar-refractivity contribution in [3.8, 4) is 0 Å². The topological polar surface area (TPSA) is 52.6 Å². The molecule has 0 N–H and O–H groups in total. The second kappa shape index (κ2) is 14.9. The third kappa shape index (κ3) is 12.4. The lowest BCUT2D eigenvalue weighted by Gasteiger charge is -2.32. The molecule has 0 saturated heterocycles. The third-order valence-corrected chi connectivity index (χ3v) is 5.20. The van der Waals surface area contributed by atoms with Gasteiger partial charge in [-0.25, -0.2) is 0 Å². The van der Waals surface area contributed by atoms with Gasteiger partial charge in [-0.15, -0.1) is 0 Å². The monoisotopic (exact) mass is 398 g/mol. The van der Waals surface area contributed by atoms with Gasteiger partial charge < -0.3 is 9.47 Å². The number of unbranched alkanes of at least 4 members (excludes halogenated alkanes) is 5. The van der Waals surface area contributed by atoms with Gasteiger partial charge in [0.1, 0.15) is 0 Å². The van der Waals surface area contributed by atoms with Crippen LogP contribution in [0.1, 0.15) is 107 Å². The molecular weight excluding hydrogens is 352 g/mol. The van der Waals surface area contributed by atoms with Gasteiger partial charge in [-0.1, -0.05) is 59.8 Å². The van der Waals surface area contributed by atoms with E-state index >= 15 is 0 Å². The van der Waals surface area contributed by atoms with Gasteiger partial charge in [0, 0.05) is 6.42 Å². The van der Waals surface area contributed by atoms with Crippen molar-refractivity contribution in [2.45, 2.75) is 119 Å². The molecule has 4 nitrogen and oxygen atoms in total. The predicted molar refractivity (Wildman–Crippen MR) is 116 cm³/mol. The van der Waals surface area contributed by atoms with Crippen LogP contribution in [-0.2, 0) is 19.1 Å². The summed E-state index contributed by atoms with van der Waals surface area (Å²) in [5.74, 6) is 1.01. The summed E-state index contributed by atoms with van der Waals surface area (Å²) in [6, 6.07) is 0. The smallest absolute Gasteiger partial charge is 0.309 e. The minimum absolute atomic E-state index is 0.0191. The fourth-order valence-corrected chi connectivity index (χ4v) is 3.86. The lowest BCUT2D eigenvalue weighted by molar-refractivity contribution is -0.157. The molecule has 166 valence electrons. The van der Waals surface area contributed by atoms with Gasteiger partial charge in [0.2, 0.25) is 0 Å². The fourth-order valence-electron chi connectivity index (χ4n) is 3.86. The highest BCUT2D eigenvalue weighted by Gasteiger charge is 2.34. The molecule has 0 aromatic carbocycles. The molecule has 0 fully saturated rings. The first-order valence-corrected chi connectivity index (χ1v) is 11.5. The first-order valence-electron chi connectivity index (χ1n) is 11.5. The van der Waals surface area contributed by atoms with E-state index in [2.05, 4.69) is 27.7 Å². The molecule has 4 heteroatoms. The van der Waals surface area contributed by atoms with Crippen LogP contribution >= 0.6 is 0 Å². The van der Waals surface area contributed by atoms with Crippen molar-refractivity contribution >= 4 is 11.9 Å². The van der Waals surface area contributed by atoms with Gasteiger partial charge in [-0.05, 0) is 58.3 Å². The molecule has 0 saturated carbocycles. The van der Waals surface area contributed by atoms with Crippen molar-refractivity contribution in [3.63, 3.8) is 0 Å². The molecule has 0 aliphatic rings. The van der Waals surface area contributed by atoms with E-state index in [9.17, 15) is 9.59 Å². The number of esters is 2. The zero-order valence-corrected chi connectivity index (χ0v) is 19.8. The zero-order valence-electron chi connectivity index (χ0n) is 19.8. The van der Waals surface area contributed by atoms with Gasteiger partial charge >= 0.3 is 11.9 Å². The zero-order chi connectivity index (χ0) is 21.7. The molecule has 0 aliphatic carbocycles. The first-order chi connectivity index (χ1) is 13.1. The largest absolute Gasteiger partial charge is 0.463 e. The van der Waals surface area contributed by atoms with Crippen molar-refractivity contribution in [2.24, 2.45) is 23.7 Å². The van der Waals surface area contributed by atoms with Gasteiger partial charge in [-0.2, -0.15) is 0 Å². The second-order valence-electron chi connectivity index (χ2n) is 9.36. The van der Waals surface area contributed by atoms with Gasteiger partial charge in [0.25, 0.3) is 0 Å². The molecule has 2 atom stereocenters. The lowest BCUT2D eigenvalue weighted by Crippen LogP contribution is -2.34. The second-order valence-corrected chi connectivity index (χ2v) is 9.36. The molecule has 0 spiro atoms. The Bertz CT molecular complexity index is 426. The maximum Gasteiger partial charge on any atom is 0.309 e. The number of rotatable bonds is 15. The summed E-state index contributed by atoms with van der Waals surface area (Å²) in [5.41, 5.74) is 0. The van der Waals surface area contributed by atoms with Crippen molar-refractivity contribution in [1.82, 2.24) is 0 Å². The molecule has 0 amide bonds. The summed E-state index contributed by atoms with van der Waals surface area (Å²) in [6.45, 7) is 16.3. The quantitative estimate of drug-likeness (QED) is 0.232. The molecule has 0 aromatic rings. The standard InChI is InChI=1S/C24H46O4/c1-17(2)21(23(18(3)4)24(26)28-20(7)8)15-13-11-9-10-12-14-16-22(25)27-19(5)6/h17-21,23H,9-16H2,1-8H3. The Morgan fingerprint density at radius 2 is 1.14 bits per heavy atom. The molecule has 0 rings (SSSR count). The minimum atomic E-state index is -0.0808. The lowest BCUT2D eigenvalue weighted by atomic mass is 9.74. The maximum absolute atomic E-state index is 12.6. The van der Waals surface area contributed by atoms with Gasteiger partial charge in [0.05, 0.1) is 18.1 Å². The van der Waals surface area contributed by atoms with E-state index in [-0.39, 0.29) is 30.1 Å². The van der Waals surface area contributed by atoms with Crippen molar-refractivity contribution in [1.29, 1.82) is 0 Å². The Kier molecular flexibility index (Phi) is 14.3. The summed E-state index contributed by atoms with van der Waals surface area (Å²) in [5, 5.41) is 0. The van der Waals surface area contributed by atoms with Crippen LogP contribution in [-0.4, -0.2) is 24.1 Å². The molecule has 2 unspecified atom stereocenters. The van der Waals surface area contributed by atoms with E-state index in [0.29, 0.717) is 24.2 Å². The molecule has 0 aliphatic heterocycles. The van der Waals surface area contributed by atoms with E-state index in [1.54, 1.807) is 0 Å². The first kappa shape index (κ1) is 26.9. The minimum Gasteiger partial charge on any atom is -0.463 e. The molecule has 0 radical (unpaired) electrons. The highest BCUT2D eigenvalue weighted by atomic mass is 16.5. The highest BCUT2D eigenvalue weighted by Crippen LogP contribution is 2.33. The average molecular weight is 399 g/mol. The number of carbonyl (C=O) groups is 2. The van der Waals surface area contributed by atoms with Crippen molar-refractivity contribution in [2.75, 3.05) is 0 Å². The Balaban J connectivity index is 4.22. The maximum atomic E-state index is 12.6. The molecule has 0 bridgehead atoms. The number of ether oxygens (including phenoxy) is 2. The van der Waals surface area contributed by atoms with Crippen LogP contribution in [0.5, 0.6) is 0 Å². The van der Waals surface area contributed by atoms with Crippen molar-refractivity contribution in [3.05, 3.63) is 0 Å². The van der Waals surface area contributed by atoms with E-state index in [4.69, 9.17) is 9.47 Å². The summed E-state index contributed by atoms with van der Waals surface area (Å²) in [6.07, 6.45) is 8.20. The summed E-state index contributed by atoms with van der Waals surface area (Å²) < 4.78 is 10.7. The van der Waals surface area contributed by atoms with Crippen LogP contribution in [0.3, 0.4) is 0 Å². The van der Waals surface area contributed by atoms with Crippen molar-refractivity contribution < 1.29 is 19.1 Å². The third-order valence-electron chi connectivity index (χ3n) is 5.20. The van der Waals surface area contributed by atoms with Crippen LogP contribution in [0.4, 0.5) is 0 Å². The molecule has 28 heavy (non-hydrogen) atoms. The molecular formula is C24H46O4. The fraction of sp³-hybridized carbons (Fsp3) is 0.917. The number of hydrogen-bond acceptors (Lipinski definition) is 4. The SMILES string of the molecule is CC(C)OC(=O)CCCCCCCCC(C(C)C)C(C(=O)OC(C)C)C(C)C. The Morgan fingerprint density at radius 3 is 1.61 bits per heavy atom. The van der Waals surface area contributed by atoms with E-state index in [1.165, 1.54) is 12.8 Å². The van der Waals surface area contributed by atoms with Gasteiger partial charge in [0.15, 0.2) is 0 Å². The summed E-state index contributed by atoms with van der Waals surface area (Å²) >= 11 is 0. The molecule has 0 aromatic heterocycles. The Labute approximate surface area is 174 Å². The number of hydrogen-bond donors (Lipinski definition) is 0. The van der Waals surface area contributed by atoms with E-state index in [0.717, 1.165) is 32.1 Å². The van der Waals surface area contributed by atoms with Crippen LogP contribution in [0, 0.1) is 23.7 Å². The summed E-state index contributed by atoms with van der Waals surface area (Å²) in [4.78, 5) is 24.1. The summed E-state index contributed by atoms with van der Waals surface area (Å²) in [7, 11) is 0. The van der Waals surface area contributed by atoms with Crippen LogP contribution in [0.25, 0.3) is 0 Å². The van der Waals surface area contributed by atoms with Gasteiger partial charge in [-0.3, -0.25) is 9.59 Å². The Morgan fingerprint density at radius 1 is 0.643 bits per heavy atom. The molecule has 0 heterocycles. The van der Waals surface area contributed by atoms with E-state index < -0.39 is 0 Å². The predicted octanol–water partition coefficient (Wildman–Crippen LogP) is 6.55. The normalized spacial score (nSPS) is 14.0. The average Bonchev–Trinajstić information content (AvgIpc) is 2.53.